The Bertz CT molecular complexity index is 672. The third-order valence-corrected chi connectivity index (χ3v) is 5.10. The quantitative estimate of drug-likeness (QED) is 0.605. The molecule has 0 aromatic heterocycles. The maximum atomic E-state index is 12.0. The summed E-state index contributed by atoms with van der Waals surface area (Å²) in [5, 5.41) is 5.23. The van der Waals surface area contributed by atoms with E-state index in [9.17, 15) is 18.0 Å². The van der Waals surface area contributed by atoms with Gasteiger partial charge in [-0.1, -0.05) is 26.0 Å². The number of rotatable bonds is 9. The van der Waals surface area contributed by atoms with E-state index >= 15 is 0 Å². The molecular weight excluding hydrogens is 330 g/mol. The molecule has 0 aliphatic rings. The van der Waals surface area contributed by atoms with Crippen LogP contribution in [0.4, 0.5) is 5.69 Å². The van der Waals surface area contributed by atoms with Crippen LogP contribution < -0.4 is 16.4 Å². The molecule has 8 heteroatoms. The first kappa shape index (κ1) is 20.1. The van der Waals surface area contributed by atoms with E-state index in [2.05, 4.69) is 10.6 Å². The predicted molar refractivity (Wildman–Crippen MR) is 94.6 cm³/mol. The molecular formula is C16H25N3O4S. The lowest BCUT2D eigenvalue weighted by Crippen LogP contribution is -2.30. The highest BCUT2D eigenvalue weighted by atomic mass is 32.2. The number of carbonyl (C=O) groups is 2. The van der Waals surface area contributed by atoms with Crippen molar-refractivity contribution in [3.05, 3.63) is 29.8 Å². The molecule has 24 heavy (non-hydrogen) atoms. The van der Waals surface area contributed by atoms with E-state index in [1.54, 1.807) is 24.3 Å². The molecule has 0 radical (unpaired) electrons. The van der Waals surface area contributed by atoms with Crippen molar-refractivity contribution in [3.8, 4) is 0 Å². The Kier molecular flexibility index (Phi) is 7.87. The highest BCUT2D eigenvalue weighted by molar-refractivity contribution is 7.91. The van der Waals surface area contributed by atoms with Crippen LogP contribution in [-0.4, -0.2) is 44.8 Å². The molecule has 0 atom stereocenters. The lowest BCUT2D eigenvalue weighted by molar-refractivity contribution is -0.115. The number of anilines is 1. The fraction of sp³-hybridized carbons (Fsp3) is 0.500. The van der Waals surface area contributed by atoms with Crippen molar-refractivity contribution < 1.29 is 18.0 Å². The van der Waals surface area contributed by atoms with Crippen LogP contribution >= 0.6 is 0 Å². The number of para-hydroxylation sites is 1. The SMILES string of the molecule is CC(C)CS(=O)(=O)CCC(=O)Nc1ccccc1C(=O)NCCN. The zero-order valence-corrected chi connectivity index (χ0v) is 14.9. The van der Waals surface area contributed by atoms with E-state index < -0.39 is 15.7 Å². The van der Waals surface area contributed by atoms with E-state index in [0.717, 1.165) is 0 Å². The average molecular weight is 355 g/mol. The van der Waals surface area contributed by atoms with E-state index in [0.29, 0.717) is 24.3 Å². The summed E-state index contributed by atoms with van der Waals surface area (Å²) in [4.78, 5) is 24.0. The van der Waals surface area contributed by atoms with Crippen LogP contribution in [0.25, 0.3) is 0 Å². The van der Waals surface area contributed by atoms with Crippen molar-refractivity contribution >= 4 is 27.3 Å². The summed E-state index contributed by atoms with van der Waals surface area (Å²) in [5.41, 5.74) is 6.00. The number of hydrogen-bond acceptors (Lipinski definition) is 5. The van der Waals surface area contributed by atoms with Crippen molar-refractivity contribution in [1.82, 2.24) is 5.32 Å². The molecule has 4 N–H and O–H groups in total. The second kappa shape index (κ2) is 9.39. The van der Waals surface area contributed by atoms with Gasteiger partial charge >= 0.3 is 0 Å². The zero-order chi connectivity index (χ0) is 18.2. The van der Waals surface area contributed by atoms with Gasteiger partial charge in [-0.3, -0.25) is 9.59 Å². The van der Waals surface area contributed by atoms with E-state index in [-0.39, 0.29) is 29.8 Å². The van der Waals surface area contributed by atoms with Gasteiger partial charge in [0.05, 0.1) is 22.8 Å². The van der Waals surface area contributed by atoms with Gasteiger partial charge in [-0.25, -0.2) is 8.42 Å². The Balaban J connectivity index is 2.69. The van der Waals surface area contributed by atoms with Crippen molar-refractivity contribution in [3.63, 3.8) is 0 Å². The molecule has 0 aliphatic heterocycles. The first-order valence-electron chi connectivity index (χ1n) is 7.82. The third kappa shape index (κ3) is 7.10. The first-order valence-corrected chi connectivity index (χ1v) is 9.65. The van der Waals surface area contributed by atoms with Crippen molar-refractivity contribution in [1.29, 1.82) is 0 Å². The fourth-order valence-electron chi connectivity index (χ4n) is 2.12. The number of carbonyl (C=O) groups excluding carboxylic acids is 2. The topological polar surface area (TPSA) is 118 Å². The second-order valence-electron chi connectivity index (χ2n) is 5.90. The number of nitrogens with one attached hydrogen (secondary N) is 2. The standard InChI is InChI=1S/C16H25N3O4S/c1-12(2)11-24(22,23)10-7-15(20)19-14-6-4-3-5-13(14)16(21)18-9-8-17/h3-6,12H,7-11,17H2,1-2H3,(H,18,21)(H,19,20). The lowest BCUT2D eigenvalue weighted by Gasteiger charge is -2.11. The summed E-state index contributed by atoms with van der Waals surface area (Å²) in [6.07, 6.45) is -0.145. The highest BCUT2D eigenvalue weighted by Gasteiger charge is 2.17. The van der Waals surface area contributed by atoms with Crippen LogP contribution in [0.15, 0.2) is 24.3 Å². The predicted octanol–water partition coefficient (Wildman–Crippen LogP) is 0.775. The van der Waals surface area contributed by atoms with E-state index in [1.807, 2.05) is 13.8 Å². The molecule has 1 aromatic carbocycles. The second-order valence-corrected chi connectivity index (χ2v) is 8.13. The molecule has 0 heterocycles. The largest absolute Gasteiger partial charge is 0.351 e. The molecule has 0 unspecified atom stereocenters. The van der Waals surface area contributed by atoms with Gasteiger partial charge in [-0.15, -0.1) is 0 Å². The lowest BCUT2D eigenvalue weighted by atomic mass is 10.1. The van der Waals surface area contributed by atoms with Crippen LogP contribution in [0, 0.1) is 5.92 Å². The van der Waals surface area contributed by atoms with Crippen molar-refractivity contribution in [2.24, 2.45) is 11.7 Å². The van der Waals surface area contributed by atoms with E-state index in [4.69, 9.17) is 5.73 Å². The Labute approximate surface area is 142 Å². The smallest absolute Gasteiger partial charge is 0.253 e. The zero-order valence-electron chi connectivity index (χ0n) is 14.0. The van der Waals surface area contributed by atoms with Gasteiger partial charge in [-0.2, -0.15) is 0 Å². The summed E-state index contributed by atoms with van der Waals surface area (Å²) >= 11 is 0. The van der Waals surface area contributed by atoms with Gasteiger partial charge in [0.15, 0.2) is 9.84 Å². The minimum absolute atomic E-state index is 0.0185. The van der Waals surface area contributed by atoms with Crippen molar-refractivity contribution in [2.75, 3.05) is 29.9 Å². The Morgan fingerprint density at radius 2 is 1.88 bits per heavy atom. The molecule has 134 valence electrons. The summed E-state index contributed by atoms with van der Waals surface area (Å²) in [5.74, 6) is -0.924. The summed E-state index contributed by atoms with van der Waals surface area (Å²) < 4.78 is 23.7. The Hall–Kier alpha value is -1.93. The first-order chi connectivity index (χ1) is 11.2. The number of hydrogen-bond donors (Lipinski definition) is 3. The van der Waals surface area contributed by atoms with Gasteiger partial charge in [0.25, 0.3) is 5.91 Å². The molecule has 0 bridgehead atoms. The van der Waals surface area contributed by atoms with Crippen molar-refractivity contribution in [2.45, 2.75) is 20.3 Å². The van der Waals surface area contributed by atoms with Crippen LogP contribution in [0.5, 0.6) is 0 Å². The Morgan fingerprint density at radius 3 is 2.50 bits per heavy atom. The molecule has 0 saturated heterocycles. The van der Waals surface area contributed by atoms with Gasteiger partial charge in [0.1, 0.15) is 0 Å². The number of amides is 2. The van der Waals surface area contributed by atoms with Crippen LogP contribution in [0.3, 0.4) is 0 Å². The highest BCUT2D eigenvalue weighted by Crippen LogP contribution is 2.15. The van der Waals surface area contributed by atoms with Gasteiger partial charge in [-0.05, 0) is 18.1 Å². The number of benzene rings is 1. The molecule has 0 fully saturated rings. The molecule has 7 nitrogen and oxygen atoms in total. The van der Waals surface area contributed by atoms with Gasteiger partial charge in [0.2, 0.25) is 5.91 Å². The summed E-state index contributed by atoms with van der Waals surface area (Å²) in [6.45, 7) is 4.27. The minimum Gasteiger partial charge on any atom is -0.351 e. The van der Waals surface area contributed by atoms with Gasteiger partial charge in [0, 0.05) is 19.5 Å². The summed E-state index contributed by atoms with van der Waals surface area (Å²) in [7, 11) is -3.26. The number of nitrogens with two attached hydrogens (primary N) is 1. The molecule has 2 amide bonds. The molecule has 0 aliphatic carbocycles. The van der Waals surface area contributed by atoms with Crippen LogP contribution in [-0.2, 0) is 14.6 Å². The molecule has 0 spiro atoms. The van der Waals surface area contributed by atoms with Crippen LogP contribution in [0.1, 0.15) is 30.6 Å². The van der Waals surface area contributed by atoms with Crippen LogP contribution in [0.2, 0.25) is 0 Å². The number of sulfone groups is 1. The minimum atomic E-state index is -3.26. The molecule has 1 aromatic rings. The monoisotopic (exact) mass is 355 g/mol. The molecule has 0 saturated carbocycles. The maximum absolute atomic E-state index is 12.0. The van der Waals surface area contributed by atoms with E-state index in [1.165, 1.54) is 0 Å². The molecule has 1 rings (SSSR count). The third-order valence-electron chi connectivity index (χ3n) is 3.10. The fourth-order valence-corrected chi connectivity index (χ4v) is 3.80. The average Bonchev–Trinajstić information content (AvgIpc) is 2.50. The van der Waals surface area contributed by atoms with Gasteiger partial charge < -0.3 is 16.4 Å². The normalized spacial score (nSPS) is 11.3. The maximum Gasteiger partial charge on any atom is 0.253 e. The Morgan fingerprint density at radius 1 is 1.21 bits per heavy atom. The summed E-state index contributed by atoms with van der Waals surface area (Å²) in [6, 6.07) is 6.54.